The molecule has 0 bridgehead atoms. The van der Waals surface area contributed by atoms with Crippen molar-refractivity contribution in [1.82, 2.24) is 4.90 Å². The van der Waals surface area contributed by atoms with Crippen molar-refractivity contribution in [2.24, 2.45) is 0 Å². The van der Waals surface area contributed by atoms with Gasteiger partial charge in [0.1, 0.15) is 5.66 Å². The van der Waals surface area contributed by atoms with E-state index in [1.165, 1.54) is 0 Å². The normalized spacial score (nSPS) is 21.6. The van der Waals surface area contributed by atoms with Gasteiger partial charge in [0, 0.05) is 12.2 Å². The fraction of sp³-hybridized carbons (Fsp3) is 0.500. The van der Waals surface area contributed by atoms with Crippen LogP contribution in [0.2, 0.25) is 0 Å². The van der Waals surface area contributed by atoms with Crippen LogP contribution in [0.25, 0.3) is 0 Å². The molecular formula is C14H18N2OS. The van der Waals surface area contributed by atoms with Gasteiger partial charge in [-0.1, -0.05) is 12.1 Å². The molecule has 96 valence electrons. The van der Waals surface area contributed by atoms with Crippen LogP contribution in [0.3, 0.4) is 0 Å². The molecule has 0 radical (unpaired) electrons. The second kappa shape index (κ2) is 4.50. The largest absolute Gasteiger partial charge is 0.362 e. The highest BCUT2D eigenvalue weighted by molar-refractivity contribution is 7.99. The van der Waals surface area contributed by atoms with E-state index < -0.39 is 0 Å². The number of anilines is 1. The average Bonchev–Trinajstić information content (AvgIpc) is 2.40. The van der Waals surface area contributed by atoms with Crippen molar-refractivity contribution >= 4 is 23.4 Å². The molecule has 3 rings (SSSR count). The first-order valence-corrected chi connectivity index (χ1v) is 7.69. The molecule has 1 amide bonds. The Kier molecular flexibility index (Phi) is 2.98. The molecule has 1 aromatic rings. The number of para-hydroxylation sites is 1. The molecule has 2 heterocycles. The van der Waals surface area contributed by atoms with Gasteiger partial charge in [0.2, 0.25) is 0 Å². The van der Waals surface area contributed by atoms with Crippen molar-refractivity contribution in [1.29, 1.82) is 0 Å². The first-order chi connectivity index (χ1) is 8.77. The number of hydrogen-bond acceptors (Lipinski definition) is 3. The molecule has 1 spiro atoms. The molecule has 1 aromatic carbocycles. The van der Waals surface area contributed by atoms with E-state index in [2.05, 4.69) is 12.2 Å². The molecule has 0 aromatic heterocycles. The van der Waals surface area contributed by atoms with E-state index in [4.69, 9.17) is 0 Å². The molecule has 0 atom stereocenters. The Labute approximate surface area is 112 Å². The number of nitrogens with zero attached hydrogens (tertiary/aromatic N) is 1. The summed E-state index contributed by atoms with van der Waals surface area (Å²) < 4.78 is 0. The number of amides is 1. The smallest absolute Gasteiger partial charge is 0.257 e. The van der Waals surface area contributed by atoms with Crippen LogP contribution >= 0.6 is 11.8 Å². The molecule has 4 heteroatoms. The lowest BCUT2D eigenvalue weighted by molar-refractivity contribution is 0.0501. The first kappa shape index (κ1) is 11.9. The minimum Gasteiger partial charge on any atom is -0.362 e. The Morgan fingerprint density at radius 2 is 2.06 bits per heavy atom. The summed E-state index contributed by atoms with van der Waals surface area (Å²) >= 11 is 1.98. The maximum atomic E-state index is 12.6. The second-order valence-electron chi connectivity index (χ2n) is 4.86. The molecule has 0 saturated carbocycles. The maximum absolute atomic E-state index is 12.6. The molecule has 0 aliphatic carbocycles. The molecule has 2 aliphatic heterocycles. The fourth-order valence-electron chi connectivity index (χ4n) is 2.99. The SMILES string of the molecule is CCN1C(=O)c2ccccc2NC12CCSCC2. The first-order valence-electron chi connectivity index (χ1n) is 6.54. The van der Waals surface area contributed by atoms with E-state index >= 15 is 0 Å². The number of thioether (sulfide) groups is 1. The van der Waals surface area contributed by atoms with Crippen LogP contribution in [-0.4, -0.2) is 34.5 Å². The highest BCUT2D eigenvalue weighted by Crippen LogP contribution is 2.39. The van der Waals surface area contributed by atoms with E-state index in [1.807, 2.05) is 40.9 Å². The fourth-order valence-corrected chi connectivity index (χ4v) is 4.15. The summed E-state index contributed by atoms with van der Waals surface area (Å²) in [4.78, 5) is 14.6. The van der Waals surface area contributed by atoms with Gasteiger partial charge >= 0.3 is 0 Å². The highest BCUT2D eigenvalue weighted by atomic mass is 32.2. The minimum atomic E-state index is -0.147. The standard InChI is InChI=1S/C14H18N2OS/c1-2-16-13(17)11-5-3-4-6-12(11)15-14(16)7-9-18-10-8-14/h3-6,15H,2,7-10H2,1H3. The van der Waals surface area contributed by atoms with Gasteiger partial charge in [-0.3, -0.25) is 4.79 Å². The predicted octanol–water partition coefficient (Wildman–Crippen LogP) is 2.80. The number of benzene rings is 1. The maximum Gasteiger partial charge on any atom is 0.257 e. The third-order valence-corrected chi connectivity index (χ3v) is 4.91. The zero-order valence-corrected chi connectivity index (χ0v) is 11.4. The molecule has 2 aliphatic rings. The van der Waals surface area contributed by atoms with Crippen LogP contribution in [-0.2, 0) is 0 Å². The van der Waals surface area contributed by atoms with Crippen LogP contribution in [0, 0.1) is 0 Å². The van der Waals surface area contributed by atoms with Crippen molar-refractivity contribution in [2.45, 2.75) is 25.4 Å². The Morgan fingerprint density at radius 3 is 2.78 bits per heavy atom. The van der Waals surface area contributed by atoms with Crippen LogP contribution in [0.15, 0.2) is 24.3 Å². The summed E-state index contributed by atoms with van der Waals surface area (Å²) in [5, 5.41) is 3.64. The number of nitrogens with one attached hydrogen (secondary N) is 1. The Bertz CT molecular complexity index is 469. The summed E-state index contributed by atoms with van der Waals surface area (Å²) in [5.74, 6) is 2.43. The van der Waals surface area contributed by atoms with Crippen LogP contribution < -0.4 is 5.32 Å². The average molecular weight is 262 g/mol. The van der Waals surface area contributed by atoms with Crippen molar-refractivity contribution in [3.8, 4) is 0 Å². The molecule has 3 nitrogen and oxygen atoms in total. The summed E-state index contributed by atoms with van der Waals surface area (Å²) in [6.45, 7) is 2.84. The lowest BCUT2D eigenvalue weighted by Gasteiger charge is -2.50. The molecule has 18 heavy (non-hydrogen) atoms. The van der Waals surface area contributed by atoms with E-state index in [9.17, 15) is 4.79 Å². The summed E-state index contributed by atoms with van der Waals surface area (Å²) in [7, 11) is 0. The highest BCUT2D eigenvalue weighted by Gasteiger charge is 2.44. The van der Waals surface area contributed by atoms with Gasteiger partial charge in [0.05, 0.1) is 5.56 Å². The van der Waals surface area contributed by atoms with Crippen molar-refractivity contribution < 1.29 is 4.79 Å². The number of carbonyl (C=O) groups is 1. The molecule has 0 unspecified atom stereocenters. The van der Waals surface area contributed by atoms with Gasteiger partial charge in [-0.2, -0.15) is 11.8 Å². The molecule has 1 N–H and O–H groups in total. The third kappa shape index (κ3) is 1.70. The number of hydrogen-bond donors (Lipinski definition) is 1. The third-order valence-electron chi connectivity index (χ3n) is 3.92. The van der Waals surface area contributed by atoms with Gasteiger partial charge in [-0.05, 0) is 43.4 Å². The van der Waals surface area contributed by atoms with Crippen LogP contribution in [0.5, 0.6) is 0 Å². The van der Waals surface area contributed by atoms with E-state index in [0.29, 0.717) is 0 Å². The van der Waals surface area contributed by atoms with Gasteiger partial charge in [-0.25, -0.2) is 0 Å². The molecule has 1 fully saturated rings. The Balaban J connectivity index is 2.04. The van der Waals surface area contributed by atoms with Gasteiger partial charge in [0.15, 0.2) is 0 Å². The van der Waals surface area contributed by atoms with Gasteiger partial charge < -0.3 is 10.2 Å². The second-order valence-corrected chi connectivity index (χ2v) is 6.09. The van der Waals surface area contributed by atoms with Crippen LogP contribution in [0.4, 0.5) is 5.69 Å². The zero-order chi connectivity index (χ0) is 12.6. The van der Waals surface area contributed by atoms with Crippen molar-refractivity contribution in [2.75, 3.05) is 23.4 Å². The summed E-state index contributed by atoms with van der Waals surface area (Å²) in [6, 6.07) is 7.86. The van der Waals surface area contributed by atoms with Gasteiger partial charge in [0.25, 0.3) is 5.91 Å². The van der Waals surface area contributed by atoms with E-state index in [0.717, 1.165) is 42.1 Å². The lowest BCUT2D eigenvalue weighted by atomic mass is 9.94. The van der Waals surface area contributed by atoms with E-state index in [-0.39, 0.29) is 11.6 Å². The quantitative estimate of drug-likeness (QED) is 0.844. The predicted molar refractivity (Wildman–Crippen MR) is 76.1 cm³/mol. The molecular weight excluding hydrogens is 244 g/mol. The summed E-state index contributed by atoms with van der Waals surface area (Å²) in [5.41, 5.74) is 1.66. The Hall–Kier alpha value is -1.16. The van der Waals surface area contributed by atoms with Gasteiger partial charge in [-0.15, -0.1) is 0 Å². The number of carbonyl (C=O) groups excluding carboxylic acids is 1. The Morgan fingerprint density at radius 1 is 1.33 bits per heavy atom. The minimum absolute atomic E-state index is 0.147. The van der Waals surface area contributed by atoms with E-state index in [1.54, 1.807) is 0 Å². The monoisotopic (exact) mass is 262 g/mol. The lowest BCUT2D eigenvalue weighted by Crippen LogP contribution is -2.61. The zero-order valence-electron chi connectivity index (χ0n) is 10.6. The number of rotatable bonds is 1. The topological polar surface area (TPSA) is 32.3 Å². The van der Waals surface area contributed by atoms with Crippen LogP contribution in [0.1, 0.15) is 30.1 Å². The van der Waals surface area contributed by atoms with Crippen molar-refractivity contribution in [3.63, 3.8) is 0 Å². The summed E-state index contributed by atoms with van der Waals surface area (Å²) in [6.07, 6.45) is 2.07. The van der Waals surface area contributed by atoms with Crippen molar-refractivity contribution in [3.05, 3.63) is 29.8 Å². The molecule has 1 saturated heterocycles. The number of fused-ring (bicyclic) bond motifs is 1.